The number of aromatic nitrogens is 2. The Hall–Kier alpha value is -2.64. The third kappa shape index (κ3) is 4.42. The van der Waals surface area contributed by atoms with E-state index in [1.54, 1.807) is 30.0 Å². The number of benzene rings is 2. The monoisotopic (exact) mass is 425 g/mol. The van der Waals surface area contributed by atoms with E-state index in [1.807, 2.05) is 18.2 Å². The number of rotatable bonds is 6. The van der Waals surface area contributed by atoms with Gasteiger partial charge in [-0.25, -0.2) is 4.39 Å². The van der Waals surface area contributed by atoms with Gasteiger partial charge >= 0.3 is 0 Å². The van der Waals surface area contributed by atoms with Crippen molar-refractivity contribution >= 4 is 11.8 Å². The second-order valence-corrected chi connectivity index (χ2v) is 8.89. The van der Waals surface area contributed by atoms with Crippen LogP contribution in [0.15, 0.2) is 58.2 Å². The van der Waals surface area contributed by atoms with Gasteiger partial charge in [0.2, 0.25) is 0 Å². The molecule has 0 fully saturated rings. The van der Waals surface area contributed by atoms with Crippen LogP contribution in [0.5, 0.6) is 5.75 Å². The van der Waals surface area contributed by atoms with Gasteiger partial charge < -0.3 is 9.64 Å². The molecular weight excluding hydrogens is 401 g/mol. The van der Waals surface area contributed by atoms with E-state index in [0.717, 1.165) is 34.0 Å². The Morgan fingerprint density at radius 2 is 1.97 bits per heavy atom. The van der Waals surface area contributed by atoms with E-state index in [4.69, 9.17) is 4.74 Å². The van der Waals surface area contributed by atoms with Crippen LogP contribution in [0.25, 0.3) is 16.9 Å². The van der Waals surface area contributed by atoms with E-state index >= 15 is 0 Å². The number of halogens is 1. The summed E-state index contributed by atoms with van der Waals surface area (Å²) in [5, 5.41) is 4.64. The molecule has 0 N–H and O–H groups in total. The van der Waals surface area contributed by atoms with Crippen molar-refractivity contribution in [3.63, 3.8) is 0 Å². The molecule has 0 bridgehead atoms. The molecule has 1 aliphatic rings. The van der Waals surface area contributed by atoms with Gasteiger partial charge in [-0.15, -0.1) is 11.8 Å². The van der Waals surface area contributed by atoms with Crippen molar-refractivity contribution < 1.29 is 9.13 Å². The van der Waals surface area contributed by atoms with Gasteiger partial charge in [-0.1, -0.05) is 6.92 Å². The Kier molecular flexibility index (Phi) is 5.92. The highest BCUT2D eigenvalue weighted by Crippen LogP contribution is 2.41. The predicted octanol–water partition coefficient (Wildman–Crippen LogP) is 4.22. The molecule has 2 aromatic carbocycles. The first-order chi connectivity index (χ1) is 14.4. The smallest absolute Gasteiger partial charge is 0.271 e. The van der Waals surface area contributed by atoms with Crippen LogP contribution in [-0.2, 0) is 5.75 Å². The van der Waals surface area contributed by atoms with Crippen LogP contribution >= 0.6 is 11.8 Å². The van der Waals surface area contributed by atoms with Crippen LogP contribution in [0.4, 0.5) is 4.39 Å². The van der Waals surface area contributed by atoms with E-state index in [-0.39, 0.29) is 11.4 Å². The lowest BCUT2D eigenvalue weighted by Gasteiger charge is -2.21. The molecule has 30 heavy (non-hydrogen) atoms. The zero-order valence-corrected chi connectivity index (χ0v) is 18.1. The minimum atomic E-state index is -0.350. The van der Waals surface area contributed by atoms with Crippen molar-refractivity contribution in [2.75, 3.05) is 27.2 Å². The molecule has 0 saturated carbocycles. The number of ether oxygens (including phenoxy) is 1. The number of thioether (sulfide) groups is 1. The topological polar surface area (TPSA) is 47.4 Å². The lowest BCUT2D eigenvalue weighted by molar-refractivity contribution is 0.222. The average Bonchev–Trinajstić information content (AvgIpc) is 2.72. The van der Waals surface area contributed by atoms with E-state index in [0.29, 0.717) is 24.0 Å². The van der Waals surface area contributed by atoms with E-state index in [9.17, 15) is 9.18 Å². The molecule has 0 radical (unpaired) electrons. The van der Waals surface area contributed by atoms with Gasteiger partial charge in [-0.3, -0.25) is 4.79 Å². The first kappa shape index (κ1) is 20.6. The molecule has 0 amide bonds. The molecular formula is C23H24FN3O2S. The Bertz CT molecular complexity index is 1110. The summed E-state index contributed by atoms with van der Waals surface area (Å²) in [6.45, 7) is 3.74. The molecule has 1 aromatic heterocycles. The Morgan fingerprint density at radius 3 is 2.70 bits per heavy atom. The van der Waals surface area contributed by atoms with E-state index < -0.39 is 0 Å². The minimum Gasteiger partial charge on any atom is -0.493 e. The summed E-state index contributed by atoms with van der Waals surface area (Å²) in [6, 6.07) is 13.4. The first-order valence-corrected chi connectivity index (χ1v) is 10.8. The molecule has 156 valence electrons. The van der Waals surface area contributed by atoms with Crippen molar-refractivity contribution in [3.8, 4) is 22.7 Å². The summed E-state index contributed by atoms with van der Waals surface area (Å²) in [5.74, 6) is 1.53. The van der Waals surface area contributed by atoms with Gasteiger partial charge in [0.05, 0.1) is 18.0 Å². The van der Waals surface area contributed by atoms with E-state index in [1.165, 1.54) is 16.8 Å². The van der Waals surface area contributed by atoms with Crippen molar-refractivity contribution in [2.24, 2.45) is 5.92 Å². The molecule has 0 aliphatic carbocycles. The Labute approximate surface area is 179 Å². The van der Waals surface area contributed by atoms with Gasteiger partial charge in [0.1, 0.15) is 11.6 Å². The second-order valence-electron chi connectivity index (χ2n) is 7.87. The quantitative estimate of drug-likeness (QED) is 0.592. The molecule has 2 heterocycles. The number of fused-ring (bicyclic) bond motifs is 3. The van der Waals surface area contributed by atoms with Crippen molar-refractivity contribution in [1.82, 2.24) is 14.7 Å². The molecule has 1 unspecified atom stereocenters. The lowest BCUT2D eigenvalue weighted by atomic mass is 10.1. The maximum Gasteiger partial charge on any atom is 0.271 e. The highest BCUT2D eigenvalue weighted by Gasteiger charge is 2.21. The summed E-state index contributed by atoms with van der Waals surface area (Å²) < 4.78 is 20.6. The third-order valence-electron chi connectivity index (χ3n) is 4.88. The Morgan fingerprint density at radius 1 is 1.20 bits per heavy atom. The van der Waals surface area contributed by atoms with Gasteiger partial charge in [0.15, 0.2) is 0 Å². The lowest BCUT2D eigenvalue weighted by Crippen LogP contribution is -2.24. The van der Waals surface area contributed by atoms with Crippen molar-refractivity contribution in [1.29, 1.82) is 0 Å². The fraction of sp³-hybridized carbons (Fsp3) is 0.304. The fourth-order valence-corrected chi connectivity index (χ4v) is 4.58. The predicted molar refractivity (Wildman–Crippen MR) is 118 cm³/mol. The van der Waals surface area contributed by atoms with Crippen LogP contribution in [0.2, 0.25) is 0 Å². The summed E-state index contributed by atoms with van der Waals surface area (Å²) in [5.41, 5.74) is 2.92. The second kappa shape index (κ2) is 8.62. The van der Waals surface area contributed by atoms with Gasteiger partial charge in [0, 0.05) is 34.7 Å². The van der Waals surface area contributed by atoms with E-state index in [2.05, 4.69) is 31.0 Å². The largest absolute Gasteiger partial charge is 0.493 e. The average molecular weight is 426 g/mol. The van der Waals surface area contributed by atoms with Gasteiger partial charge in [0.25, 0.3) is 5.56 Å². The first-order valence-electron chi connectivity index (χ1n) is 9.84. The summed E-state index contributed by atoms with van der Waals surface area (Å²) in [4.78, 5) is 15.8. The standard InChI is InChI=1S/C23H24FN3O2S/c1-15(12-26(2)3)13-29-19-8-9-21-20(11-19)23-16(14-30-21)10-22(28)27(25-23)18-6-4-17(24)5-7-18/h4-11,15H,12-14H2,1-3H3. The number of hydrogen-bond donors (Lipinski definition) is 0. The summed E-state index contributed by atoms with van der Waals surface area (Å²) >= 11 is 1.69. The molecule has 7 heteroatoms. The van der Waals surface area contributed by atoms with Crippen LogP contribution in [0.1, 0.15) is 12.5 Å². The molecule has 3 aromatic rings. The van der Waals surface area contributed by atoms with Gasteiger partial charge in [-0.2, -0.15) is 9.78 Å². The van der Waals surface area contributed by atoms with Crippen molar-refractivity contribution in [3.05, 3.63) is 70.3 Å². The molecule has 0 spiro atoms. The SMILES string of the molecule is CC(COc1ccc2c(c1)-c1nn(-c3ccc(F)cc3)c(=O)cc1CS2)CN(C)C. The maximum atomic E-state index is 13.3. The van der Waals surface area contributed by atoms with Crippen LogP contribution < -0.4 is 10.3 Å². The highest BCUT2D eigenvalue weighted by atomic mass is 32.2. The zero-order chi connectivity index (χ0) is 21.3. The molecule has 5 nitrogen and oxygen atoms in total. The molecule has 1 atom stereocenters. The normalized spacial score (nSPS) is 13.6. The molecule has 1 aliphatic heterocycles. The zero-order valence-electron chi connectivity index (χ0n) is 17.3. The van der Waals surface area contributed by atoms with Crippen LogP contribution in [0, 0.1) is 11.7 Å². The molecule has 0 saturated heterocycles. The number of nitrogens with zero attached hydrogens (tertiary/aromatic N) is 3. The Balaban J connectivity index is 1.67. The summed E-state index contributed by atoms with van der Waals surface area (Å²) in [7, 11) is 4.10. The fourth-order valence-electron chi connectivity index (χ4n) is 3.58. The number of hydrogen-bond acceptors (Lipinski definition) is 5. The third-order valence-corrected chi connectivity index (χ3v) is 6.00. The minimum absolute atomic E-state index is 0.227. The van der Waals surface area contributed by atoms with Crippen molar-refractivity contribution in [2.45, 2.75) is 17.6 Å². The summed E-state index contributed by atoms with van der Waals surface area (Å²) in [6.07, 6.45) is 0. The van der Waals surface area contributed by atoms with Gasteiger partial charge in [-0.05, 0) is 62.1 Å². The highest BCUT2D eigenvalue weighted by molar-refractivity contribution is 7.98. The van der Waals surface area contributed by atoms with Crippen LogP contribution in [0.3, 0.4) is 0 Å². The maximum absolute atomic E-state index is 13.3. The van der Waals surface area contributed by atoms with Crippen LogP contribution in [-0.4, -0.2) is 41.9 Å². The molecule has 4 rings (SSSR count).